The quantitative estimate of drug-likeness (QED) is 0.507. The lowest BCUT2D eigenvalue weighted by atomic mass is 9.79. The highest BCUT2D eigenvalue weighted by Gasteiger charge is 2.36. The van der Waals surface area contributed by atoms with E-state index in [0.29, 0.717) is 6.54 Å². The summed E-state index contributed by atoms with van der Waals surface area (Å²) in [5.41, 5.74) is 5.66. The van der Waals surface area contributed by atoms with E-state index in [1.165, 1.54) is 37.9 Å². The van der Waals surface area contributed by atoms with Crippen LogP contribution in [0.2, 0.25) is 0 Å². The second kappa shape index (κ2) is 10.5. The van der Waals surface area contributed by atoms with E-state index >= 15 is 0 Å². The van der Waals surface area contributed by atoms with Crippen molar-refractivity contribution in [3.8, 4) is 0 Å². The van der Waals surface area contributed by atoms with Crippen LogP contribution in [0.4, 0.5) is 0 Å². The Hall–Kier alpha value is -0.220. The lowest BCUT2D eigenvalue weighted by Gasteiger charge is -2.29. The third-order valence-electron chi connectivity index (χ3n) is 4.49. The molecule has 118 valence electrons. The van der Waals surface area contributed by atoms with Gasteiger partial charge in [0.1, 0.15) is 0 Å². The van der Waals surface area contributed by atoms with Crippen molar-refractivity contribution in [1.82, 2.24) is 5.32 Å². The van der Waals surface area contributed by atoms with E-state index in [2.05, 4.69) is 11.6 Å². The first-order chi connectivity index (χ1) is 9.75. The molecule has 1 saturated carbocycles. The number of hydrogen-bond donors (Lipinski definition) is 2. The van der Waals surface area contributed by atoms with Crippen LogP contribution in [-0.2, 0) is 4.79 Å². The molecule has 1 aliphatic carbocycles. The predicted molar refractivity (Wildman–Crippen MR) is 89.0 cm³/mol. The van der Waals surface area contributed by atoms with Gasteiger partial charge >= 0.3 is 0 Å². The molecule has 0 aliphatic heterocycles. The van der Waals surface area contributed by atoms with Gasteiger partial charge in [-0.2, -0.15) is 11.8 Å². The van der Waals surface area contributed by atoms with Gasteiger partial charge in [0, 0.05) is 13.1 Å². The van der Waals surface area contributed by atoms with E-state index in [-0.39, 0.29) is 11.3 Å². The summed E-state index contributed by atoms with van der Waals surface area (Å²) in [6.07, 6.45) is 13.8. The number of nitrogens with one attached hydrogen (secondary N) is 1. The molecule has 0 radical (unpaired) electrons. The Morgan fingerprint density at radius 3 is 2.35 bits per heavy atom. The standard InChI is InChI=1S/C16H32N2OS/c1-20-13-9-5-4-8-12-18-15(19)16(14-17)10-6-2-3-7-11-16/h2-14,17H2,1H3,(H,18,19). The largest absolute Gasteiger partial charge is 0.356 e. The summed E-state index contributed by atoms with van der Waals surface area (Å²) in [5, 5.41) is 3.14. The summed E-state index contributed by atoms with van der Waals surface area (Å²) < 4.78 is 0. The molecule has 1 fully saturated rings. The molecule has 0 unspecified atom stereocenters. The average Bonchev–Trinajstić information content (AvgIpc) is 2.72. The maximum atomic E-state index is 12.4. The fourth-order valence-corrected chi connectivity index (χ4v) is 3.54. The average molecular weight is 301 g/mol. The van der Waals surface area contributed by atoms with Crippen molar-refractivity contribution in [3.63, 3.8) is 0 Å². The first-order valence-corrected chi connectivity index (χ1v) is 9.62. The number of carbonyl (C=O) groups is 1. The molecule has 0 heterocycles. The van der Waals surface area contributed by atoms with Gasteiger partial charge in [0.15, 0.2) is 0 Å². The maximum Gasteiger partial charge on any atom is 0.227 e. The minimum absolute atomic E-state index is 0.214. The smallest absolute Gasteiger partial charge is 0.227 e. The molecule has 3 nitrogen and oxygen atoms in total. The van der Waals surface area contributed by atoms with Gasteiger partial charge in [-0.1, -0.05) is 38.5 Å². The molecule has 0 atom stereocenters. The van der Waals surface area contributed by atoms with Crippen molar-refractivity contribution in [1.29, 1.82) is 0 Å². The Labute approximate surface area is 128 Å². The van der Waals surface area contributed by atoms with E-state index in [1.807, 2.05) is 11.8 Å². The molecule has 3 N–H and O–H groups in total. The van der Waals surface area contributed by atoms with Crippen molar-refractivity contribution in [2.45, 2.75) is 64.2 Å². The SMILES string of the molecule is CSCCCCCCNC(=O)C1(CN)CCCCCC1. The first kappa shape index (κ1) is 17.8. The van der Waals surface area contributed by atoms with Gasteiger partial charge in [-0.05, 0) is 37.7 Å². The minimum Gasteiger partial charge on any atom is -0.356 e. The van der Waals surface area contributed by atoms with Gasteiger partial charge in [-0.3, -0.25) is 4.79 Å². The second-order valence-electron chi connectivity index (χ2n) is 6.06. The zero-order valence-corrected chi connectivity index (χ0v) is 13.9. The Morgan fingerprint density at radius 1 is 1.10 bits per heavy atom. The van der Waals surface area contributed by atoms with Crippen molar-refractivity contribution in [2.24, 2.45) is 11.1 Å². The summed E-state index contributed by atoms with van der Waals surface area (Å²) >= 11 is 1.91. The van der Waals surface area contributed by atoms with E-state index in [4.69, 9.17) is 5.73 Å². The predicted octanol–water partition coefficient (Wildman–Crippen LogP) is 3.33. The topological polar surface area (TPSA) is 55.1 Å². The summed E-state index contributed by atoms with van der Waals surface area (Å²) in [7, 11) is 0. The van der Waals surface area contributed by atoms with Gasteiger partial charge in [-0.15, -0.1) is 0 Å². The normalized spacial score (nSPS) is 18.5. The van der Waals surface area contributed by atoms with Crippen molar-refractivity contribution in [2.75, 3.05) is 25.1 Å². The monoisotopic (exact) mass is 300 g/mol. The maximum absolute atomic E-state index is 12.4. The molecule has 4 heteroatoms. The number of carbonyl (C=O) groups excluding carboxylic acids is 1. The van der Waals surface area contributed by atoms with Gasteiger partial charge in [0.25, 0.3) is 0 Å². The number of amides is 1. The van der Waals surface area contributed by atoms with Crippen LogP contribution in [0.1, 0.15) is 64.2 Å². The highest BCUT2D eigenvalue weighted by Crippen LogP contribution is 2.34. The second-order valence-corrected chi connectivity index (χ2v) is 7.05. The van der Waals surface area contributed by atoms with Crippen LogP contribution < -0.4 is 11.1 Å². The molecule has 0 aromatic heterocycles. The summed E-state index contributed by atoms with van der Waals surface area (Å²) in [5.74, 6) is 1.47. The third-order valence-corrected chi connectivity index (χ3v) is 5.19. The Bertz CT molecular complexity index is 263. The van der Waals surface area contributed by atoms with Gasteiger partial charge in [-0.25, -0.2) is 0 Å². The molecule has 1 rings (SSSR count). The molecular formula is C16H32N2OS. The number of unbranched alkanes of at least 4 members (excludes halogenated alkanes) is 3. The molecular weight excluding hydrogens is 268 g/mol. The van der Waals surface area contributed by atoms with Crippen LogP contribution in [0.25, 0.3) is 0 Å². The number of rotatable bonds is 9. The van der Waals surface area contributed by atoms with Crippen LogP contribution in [0.15, 0.2) is 0 Å². The number of nitrogens with two attached hydrogens (primary N) is 1. The van der Waals surface area contributed by atoms with E-state index < -0.39 is 0 Å². The molecule has 0 saturated heterocycles. The molecule has 0 bridgehead atoms. The number of thioether (sulfide) groups is 1. The molecule has 0 aromatic rings. The lowest BCUT2D eigenvalue weighted by Crippen LogP contribution is -2.46. The summed E-state index contributed by atoms with van der Waals surface area (Å²) in [4.78, 5) is 12.4. The van der Waals surface area contributed by atoms with Crippen molar-refractivity contribution < 1.29 is 4.79 Å². The van der Waals surface area contributed by atoms with Crippen molar-refractivity contribution >= 4 is 17.7 Å². The van der Waals surface area contributed by atoms with Gasteiger partial charge in [0.05, 0.1) is 5.41 Å². The van der Waals surface area contributed by atoms with Crippen LogP contribution in [0.3, 0.4) is 0 Å². The first-order valence-electron chi connectivity index (χ1n) is 8.22. The van der Waals surface area contributed by atoms with E-state index in [0.717, 1.165) is 38.6 Å². The van der Waals surface area contributed by atoms with Crippen LogP contribution >= 0.6 is 11.8 Å². The van der Waals surface area contributed by atoms with Crippen LogP contribution in [0.5, 0.6) is 0 Å². The fraction of sp³-hybridized carbons (Fsp3) is 0.938. The molecule has 20 heavy (non-hydrogen) atoms. The third kappa shape index (κ3) is 6.04. The van der Waals surface area contributed by atoms with Gasteiger partial charge < -0.3 is 11.1 Å². The van der Waals surface area contributed by atoms with Crippen LogP contribution in [-0.4, -0.2) is 31.0 Å². The zero-order chi connectivity index (χ0) is 14.7. The van der Waals surface area contributed by atoms with Crippen molar-refractivity contribution in [3.05, 3.63) is 0 Å². The molecule has 1 aliphatic rings. The molecule has 0 aromatic carbocycles. The van der Waals surface area contributed by atoms with E-state index in [1.54, 1.807) is 0 Å². The molecule has 1 amide bonds. The highest BCUT2D eigenvalue weighted by atomic mass is 32.2. The number of hydrogen-bond acceptors (Lipinski definition) is 3. The van der Waals surface area contributed by atoms with Crippen LogP contribution in [0, 0.1) is 5.41 Å². The minimum atomic E-state index is -0.269. The Kier molecular flexibility index (Phi) is 9.36. The highest BCUT2D eigenvalue weighted by molar-refractivity contribution is 7.98. The van der Waals surface area contributed by atoms with Gasteiger partial charge in [0.2, 0.25) is 5.91 Å². The van der Waals surface area contributed by atoms with E-state index in [9.17, 15) is 4.79 Å². The molecule has 0 spiro atoms. The Balaban J connectivity index is 2.22. The fourth-order valence-electron chi connectivity index (χ4n) is 3.04. The Morgan fingerprint density at radius 2 is 1.75 bits per heavy atom. The lowest BCUT2D eigenvalue weighted by molar-refractivity contribution is -0.131. The summed E-state index contributed by atoms with van der Waals surface area (Å²) in [6, 6.07) is 0. The summed E-state index contributed by atoms with van der Waals surface area (Å²) in [6.45, 7) is 1.33. The zero-order valence-electron chi connectivity index (χ0n) is 13.1.